The molecule has 12 heterocycles. The van der Waals surface area contributed by atoms with Crippen LogP contribution in [-0.4, -0.2) is 52.7 Å². The van der Waals surface area contributed by atoms with Crippen molar-refractivity contribution >= 4 is 214 Å². The zero-order chi connectivity index (χ0) is 93.1. The summed E-state index contributed by atoms with van der Waals surface area (Å²) in [5.41, 5.74) is 32.3. The van der Waals surface area contributed by atoms with Crippen molar-refractivity contribution in [3.8, 4) is 62.2 Å². The highest BCUT2D eigenvalue weighted by Crippen LogP contribution is 2.48. The summed E-state index contributed by atoms with van der Waals surface area (Å²) in [7, 11) is 0. The highest BCUT2D eigenvalue weighted by atomic mass is 16.3. The smallest absolute Gasteiger partial charge is 0.197 e. The lowest BCUT2D eigenvalue weighted by Crippen LogP contribution is -2.09. The second-order valence-corrected chi connectivity index (χ2v) is 36.0. The molecular weight excluding hydrogens is 1750 g/mol. The second-order valence-electron chi connectivity index (χ2n) is 36.0. The quantitative estimate of drug-likeness (QED) is 0.121. The van der Waals surface area contributed by atoms with Gasteiger partial charge < -0.3 is 31.7 Å². The van der Waals surface area contributed by atoms with Crippen LogP contribution in [0.25, 0.3) is 259 Å². The first kappa shape index (κ1) is 79.8. The Hall–Kier alpha value is -19.6. The first-order valence-corrected chi connectivity index (χ1v) is 47.5. The number of furan rings is 4. The average Bonchev–Trinajstić information content (AvgIpc) is 1.56. The number of hydrogen-bond acceptors (Lipinski definition) is 11. The molecule has 0 aliphatic rings. The van der Waals surface area contributed by atoms with Gasteiger partial charge in [0.05, 0.1) is 55.2 Å². The van der Waals surface area contributed by atoms with Crippen molar-refractivity contribution in [1.29, 1.82) is 0 Å². The van der Waals surface area contributed by atoms with E-state index in [1.165, 1.54) is 76.6 Å². The number of para-hydroxylation sites is 12. The lowest BCUT2D eigenvalue weighted by molar-refractivity contribution is 0.662. The standard InChI is InChI=1S/C46H28N4O2.2C40H24N4O/c1-2-12-31(13-3-1)49(33-22-24-43-38(27-33)35-16-5-8-19-41(35)51-43)32-14-10-11-29(25-32)30-21-23-40-37(26-30)34-15-4-7-18-39(34)50(40)46-45-44(47-28-48-46)36-17-6-9-20-42(36)52-45;2*1-2-10-27(11-3-1)43-33-15-7-4-12-28(33)31-22-25(18-20-35(31)43)26-19-21-36-32(23-26)29-13-5-8-16-34(29)44(36)40-39-38(41-24-42-40)30-14-6-9-17-37(30)45-39/h1-28H;2*1-24H. The van der Waals surface area contributed by atoms with Gasteiger partial charge in [0.2, 0.25) is 0 Å². The summed E-state index contributed by atoms with van der Waals surface area (Å²) < 4.78 is 36.6. The molecule has 0 unspecified atom stereocenters. The molecule has 0 saturated heterocycles. The van der Waals surface area contributed by atoms with Crippen LogP contribution in [0.4, 0.5) is 17.1 Å². The van der Waals surface area contributed by atoms with Crippen LogP contribution in [0.3, 0.4) is 0 Å². The van der Waals surface area contributed by atoms with Crippen molar-refractivity contribution in [2.75, 3.05) is 4.90 Å². The molecule has 16 heteroatoms. The van der Waals surface area contributed by atoms with Gasteiger partial charge >= 0.3 is 0 Å². The van der Waals surface area contributed by atoms with Gasteiger partial charge in [0, 0.05) is 109 Å². The molecule has 16 nitrogen and oxygen atoms in total. The molecule has 0 fully saturated rings. The minimum Gasteiger partial charge on any atom is -0.456 e. The molecule has 0 radical (unpaired) electrons. The second kappa shape index (κ2) is 32.0. The van der Waals surface area contributed by atoms with E-state index in [0.717, 1.165) is 183 Å². The number of fused-ring (bicyclic) bond motifs is 27. The van der Waals surface area contributed by atoms with Gasteiger partial charge in [-0.15, -0.1) is 0 Å². The maximum atomic E-state index is 6.39. The number of benzene rings is 19. The molecule has 664 valence electrons. The average molecular weight is 1820 g/mol. The molecule has 19 aromatic carbocycles. The van der Waals surface area contributed by atoms with Crippen LogP contribution in [0.2, 0.25) is 0 Å². The van der Waals surface area contributed by atoms with E-state index in [1.807, 2.05) is 84.9 Å². The molecule has 0 aliphatic carbocycles. The molecule has 0 bridgehead atoms. The van der Waals surface area contributed by atoms with Crippen LogP contribution in [0.5, 0.6) is 0 Å². The maximum absolute atomic E-state index is 6.39. The van der Waals surface area contributed by atoms with Gasteiger partial charge in [-0.1, -0.05) is 243 Å². The van der Waals surface area contributed by atoms with Crippen LogP contribution in [-0.2, 0) is 0 Å². The Morgan fingerprint density at radius 3 is 0.796 bits per heavy atom. The largest absolute Gasteiger partial charge is 0.456 e. The van der Waals surface area contributed by atoms with Crippen molar-refractivity contribution < 1.29 is 17.7 Å². The fourth-order valence-corrected chi connectivity index (χ4v) is 21.9. The number of rotatable bonds is 11. The number of aromatic nitrogens is 11. The zero-order valence-corrected chi connectivity index (χ0v) is 75.9. The minimum absolute atomic E-state index is 0.672. The van der Waals surface area contributed by atoms with Crippen LogP contribution in [0.1, 0.15) is 0 Å². The first-order valence-electron chi connectivity index (χ1n) is 47.5. The summed E-state index contributed by atoms with van der Waals surface area (Å²) in [6.45, 7) is 0. The number of anilines is 3. The van der Waals surface area contributed by atoms with Crippen LogP contribution < -0.4 is 4.90 Å². The molecule has 0 N–H and O–H groups in total. The van der Waals surface area contributed by atoms with E-state index >= 15 is 0 Å². The van der Waals surface area contributed by atoms with Gasteiger partial charge in [0.1, 0.15) is 63.4 Å². The highest BCUT2D eigenvalue weighted by Gasteiger charge is 2.28. The lowest BCUT2D eigenvalue weighted by Gasteiger charge is -2.26. The Labute approximate surface area is 808 Å². The van der Waals surface area contributed by atoms with Crippen LogP contribution >= 0.6 is 0 Å². The Kier molecular flexibility index (Phi) is 18.0. The van der Waals surface area contributed by atoms with Crippen molar-refractivity contribution in [3.05, 3.63) is 462 Å². The molecule has 31 aromatic rings. The molecule has 0 aliphatic heterocycles. The van der Waals surface area contributed by atoms with E-state index in [2.05, 4.69) is 401 Å². The van der Waals surface area contributed by atoms with Crippen molar-refractivity contribution in [1.82, 2.24) is 52.7 Å². The Morgan fingerprint density at radius 2 is 0.430 bits per heavy atom. The van der Waals surface area contributed by atoms with Crippen molar-refractivity contribution in [3.63, 3.8) is 0 Å². The van der Waals surface area contributed by atoms with E-state index in [4.69, 9.17) is 32.6 Å². The van der Waals surface area contributed by atoms with Gasteiger partial charge in [-0.2, -0.15) is 0 Å². The van der Waals surface area contributed by atoms with Crippen LogP contribution in [0.15, 0.2) is 479 Å². The third-order valence-electron chi connectivity index (χ3n) is 28.2. The van der Waals surface area contributed by atoms with Crippen molar-refractivity contribution in [2.24, 2.45) is 0 Å². The summed E-state index contributed by atoms with van der Waals surface area (Å²) in [4.78, 5) is 30.5. The Morgan fingerprint density at radius 1 is 0.162 bits per heavy atom. The van der Waals surface area contributed by atoms with Gasteiger partial charge in [0.25, 0.3) is 0 Å². The molecular formula is C126H76N12O4. The lowest BCUT2D eigenvalue weighted by atomic mass is 10.0. The van der Waals surface area contributed by atoms with Gasteiger partial charge in [-0.25, -0.2) is 29.9 Å². The van der Waals surface area contributed by atoms with Gasteiger partial charge in [-0.3, -0.25) is 13.7 Å². The SMILES string of the molecule is c1ccc(-n2c3ccccc3c3cc(-c4ccc5c(c4)c4ccccc4n5-c4ncnc5c4oc4ccccc45)ccc32)cc1.c1ccc(-n2c3ccccc3c3cc(-c4ccc5c(c4)c4ccccc4n5-c4ncnc5c4oc4ccccc45)ccc32)cc1.c1ccc(N(c2cccc(-c3ccc4c(c3)c3ccccc3n4-c3ncnc4c3oc3ccccc34)c2)c2ccc3oc4ccccc4c3c2)cc1. The predicted octanol–water partition coefficient (Wildman–Crippen LogP) is 33.0. The Balaban J connectivity index is 0.000000102. The van der Waals surface area contributed by atoms with Gasteiger partial charge in [-0.05, 0) is 234 Å². The third-order valence-corrected chi connectivity index (χ3v) is 28.2. The molecule has 31 rings (SSSR count). The summed E-state index contributed by atoms with van der Waals surface area (Å²) in [6.07, 6.45) is 4.90. The van der Waals surface area contributed by atoms with E-state index in [9.17, 15) is 0 Å². The summed E-state index contributed by atoms with van der Waals surface area (Å²) in [6, 6.07) is 156. The third kappa shape index (κ3) is 12.6. The van der Waals surface area contributed by atoms with Gasteiger partial charge in [0.15, 0.2) is 34.2 Å². The number of hydrogen-bond donors (Lipinski definition) is 0. The fraction of sp³-hybridized carbons (Fsp3) is 0. The van der Waals surface area contributed by atoms with E-state index < -0.39 is 0 Å². The summed E-state index contributed by atoms with van der Waals surface area (Å²) in [5, 5.41) is 17.1. The monoisotopic (exact) mass is 1820 g/mol. The van der Waals surface area contributed by atoms with Crippen molar-refractivity contribution in [2.45, 2.75) is 0 Å². The molecule has 12 aromatic heterocycles. The van der Waals surface area contributed by atoms with E-state index in [1.54, 1.807) is 19.0 Å². The van der Waals surface area contributed by atoms with E-state index in [0.29, 0.717) is 16.7 Å². The van der Waals surface area contributed by atoms with E-state index in [-0.39, 0.29) is 0 Å². The molecule has 0 saturated carbocycles. The maximum Gasteiger partial charge on any atom is 0.197 e. The normalized spacial score (nSPS) is 11.9. The summed E-state index contributed by atoms with van der Waals surface area (Å²) in [5.74, 6) is 2.21. The molecule has 0 atom stereocenters. The topological polar surface area (TPSA) is 158 Å². The zero-order valence-electron chi connectivity index (χ0n) is 75.9. The first-order chi connectivity index (χ1) is 70.4. The Bertz CT molecular complexity index is 10200. The fourth-order valence-electron chi connectivity index (χ4n) is 21.9. The summed E-state index contributed by atoms with van der Waals surface area (Å²) >= 11 is 0. The predicted molar refractivity (Wildman–Crippen MR) is 578 cm³/mol. The minimum atomic E-state index is 0.672. The molecule has 0 spiro atoms. The molecule has 142 heavy (non-hydrogen) atoms. The molecule has 0 amide bonds. The highest BCUT2D eigenvalue weighted by molar-refractivity contribution is 6.19. The van der Waals surface area contributed by atoms with Crippen LogP contribution in [0, 0.1) is 0 Å². The number of nitrogens with zero attached hydrogens (tertiary/aromatic N) is 12.